The third kappa shape index (κ3) is 12.5. The zero-order valence-electron chi connectivity index (χ0n) is 27.2. The first-order valence-electron chi connectivity index (χ1n) is 14.9. The molecule has 0 aliphatic heterocycles. The Hall–Kier alpha value is -1.56. The molecule has 0 spiro atoms. The number of rotatable bonds is 8. The molecular weight excluding hydrogens is 664 g/mol. The molecule has 4 fully saturated rings. The summed E-state index contributed by atoms with van der Waals surface area (Å²) in [5, 5.41) is 6.16. The van der Waals surface area contributed by atoms with Crippen LogP contribution in [-0.4, -0.2) is 91.8 Å². The van der Waals surface area contributed by atoms with E-state index >= 15 is 0 Å². The van der Waals surface area contributed by atoms with Gasteiger partial charge in [-0.1, -0.05) is 48.9 Å². The Balaban J connectivity index is 0.000000307. The predicted molar refractivity (Wildman–Crippen MR) is 183 cm³/mol. The minimum absolute atomic E-state index is 0. The molecule has 0 unspecified atom stereocenters. The van der Waals surface area contributed by atoms with Gasteiger partial charge in [0.05, 0.1) is 20.0 Å². The third-order valence-corrected chi connectivity index (χ3v) is 10.1. The van der Waals surface area contributed by atoms with Crippen molar-refractivity contribution in [3.8, 4) is 0 Å². The fourth-order valence-corrected chi connectivity index (χ4v) is 5.05. The van der Waals surface area contributed by atoms with Crippen molar-refractivity contribution in [2.45, 2.75) is 65.2 Å². The van der Waals surface area contributed by atoms with Gasteiger partial charge in [0, 0.05) is 51.9 Å². The first-order valence-corrected chi connectivity index (χ1v) is 16.6. The second-order valence-electron chi connectivity index (χ2n) is 12.0. The van der Waals surface area contributed by atoms with Gasteiger partial charge in [0.15, 0.2) is 0 Å². The van der Waals surface area contributed by atoms with Crippen LogP contribution in [0.3, 0.4) is 0 Å². The standard InChI is InChI=1S/2C14H22N4O2S2.Na/c2*1-8(11(19)15-17(2)13(21)9-4-5-9)12(20)16-18(3)14(22)10-6-7-10;/h2*8-10H,4-7H2,1-3H3,(H,15,19)(H,16,20);/q;;+1. The summed E-state index contributed by atoms with van der Waals surface area (Å²) >= 11 is 21.0. The Bertz CT molecular complexity index is 1020. The van der Waals surface area contributed by atoms with E-state index in [9.17, 15) is 19.2 Å². The molecule has 4 aliphatic rings. The van der Waals surface area contributed by atoms with Crippen LogP contribution < -0.4 is 51.3 Å². The van der Waals surface area contributed by atoms with Crippen LogP contribution in [0, 0.1) is 35.5 Å². The van der Waals surface area contributed by atoms with E-state index in [-0.39, 0.29) is 53.2 Å². The maximum Gasteiger partial charge on any atom is 1.00 e. The summed E-state index contributed by atoms with van der Waals surface area (Å²) in [7, 11) is 6.82. The minimum Gasteiger partial charge on any atom is -0.282 e. The van der Waals surface area contributed by atoms with Crippen LogP contribution in [-0.2, 0) is 19.2 Å². The third-order valence-electron chi connectivity index (χ3n) is 7.71. The van der Waals surface area contributed by atoms with Crippen LogP contribution in [0.15, 0.2) is 0 Å². The van der Waals surface area contributed by atoms with Crippen molar-refractivity contribution in [3.63, 3.8) is 0 Å². The van der Waals surface area contributed by atoms with E-state index in [1.165, 1.54) is 20.0 Å². The summed E-state index contributed by atoms with van der Waals surface area (Å²) in [6.07, 6.45) is 8.54. The van der Waals surface area contributed by atoms with Gasteiger partial charge in [-0.15, -0.1) is 0 Å². The largest absolute Gasteiger partial charge is 1.00 e. The van der Waals surface area contributed by atoms with Gasteiger partial charge >= 0.3 is 29.6 Å². The molecule has 0 atom stereocenters. The second kappa shape index (κ2) is 17.6. The van der Waals surface area contributed by atoms with Crippen molar-refractivity contribution >= 4 is 92.5 Å². The van der Waals surface area contributed by atoms with Gasteiger partial charge in [-0.25, -0.2) is 0 Å². The maximum atomic E-state index is 12.1. The second-order valence-corrected chi connectivity index (χ2v) is 13.7. The number of amides is 4. The van der Waals surface area contributed by atoms with Crippen LogP contribution in [0.1, 0.15) is 65.2 Å². The molecule has 0 bridgehead atoms. The van der Waals surface area contributed by atoms with E-state index in [0.717, 1.165) is 51.4 Å². The zero-order valence-corrected chi connectivity index (χ0v) is 32.4. The Morgan fingerprint density at radius 1 is 0.467 bits per heavy atom. The molecule has 244 valence electrons. The monoisotopic (exact) mass is 707 g/mol. The van der Waals surface area contributed by atoms with Gasteiger partial charge in [0.25, 0.3) is 23.6 Å². The molecule has 0 aromatic heterocycles. The topological polar surface area (TPSA) is 129 Å². The predicted octanol–water partition coefficient (Wildman–Crippen LogP) is -0.949. The van der Waals surface area contributed by atoms with Crippen molar-refractivity contribution in [3.05, 3.63) is 0 Å². The van der Waals surface area contributed by atoms with Crippen LogP contribution in [0.4, 0.5) is 0 Å². The van der Waals surface area contributed by atoms with Crippen LogP contribution >= 0.6 is 48.9 Å². The molecule has 4 N–H and O–H groups in total. The molecule has 0 saturated heterocycles. The van der Waals surface area contributed by atoms with E-state index in [2.05, 4.69) is 21.7 Å². The number of nitrogens with zero attached hydrogens (tertiary/aromatic N) is 4. The average molecular weight is 708 g/mol. The fraction of sp³-hybridized carbons (Fsp3) is 0.714. The normalized spacial score (nSPS) is 16.5. The minimum atomic E-state index is -0.825. The zero-order chi connectivity index (χ0) is 32.9. The molecule has 0 aromatic rings. The molecule has 4 rings (SSSR count). The number of carbonyl (C=O) groups is 4. The number of hydrazine groups is 4. The number of carbonyl (C=O) groups excluding carboxylic acids is 4. The average Bonchev–Trinajstić information content (AvgIpc) is 3.82. The summed E-state index contributed by atoms with van der Waals surface area (Å²) in [5.74, 6) is -1.65. The summed E-state index contributed by atoms with van der Waals surface area (Å²) in [4.78, 5) is 51.3. The quantitative estimate of drug-likeness (QED) is 0.108. The summed E-state index contributed by atoms with van der Waals surface area (Å²) in [6.45, 7) is 3.12. The van der Waals surface area contributed by atoms with Gasteiger partial charge in [-0.3, -0.25) is 60.9 Å². The van der Waals surface area contributed by atoms with Crippen molar-refractivity contribution in [1.82, 2.24) is 41.7 Å². The summed E-state index contributed by atoms with van der Waals surface area (Å²) in [6, 6.07) is 0. The fourth-order valence-electron chi connectivity index (χ4n) is 3.92. The van der Waals surface area contributed by atoms with E-state index in [0.29, 0.717) is 43.6 Å². The Morgan fingerprint density at radius 2 is 0.622 bits per heavy atom. The summed E-state index contributed by atoms with van der Waals surface area (Å²) < 4.78 is 0. The maximum absolute atomic E-state index is 12.1. The van der Waals surface area contributed by atoms with Gasteiger partial charge in [0.2, 0.25) is 0 Å². The van der Waals surface area contributed by atoms with Crippen LogP contribution in [0.2, 0.25) is 0 Å². The van der Waals surface area contributed by atoms with Crippen molar-refractivity contribution in [2.24, 2.45) is 35.5 Å². The van der Waals surface area contributed by atoms with Gasteiger partial charge in [-0.05, 0) is 65.2 Å². The molecule has 12 nitrogen and oxygen atoms in total. The van der Waals surface area contributed by atoms with E-state index in [1.54, 1.807) is 42.0 Å². The Labute approximate surface area is 309 Å². The first kappa shape index (κ1) is 39.6. The van der Waals surface area contributed by atoms with E-state index < -0.39 is 11.8 Å². The van der Waals surface area contributed by atoms with Crippen LogP contribution in [0.5, 0.6) is 0 Å². The SMILES string of the molecule is CC(C(=O)NN(C)C(=S)C1CC1)C(=O)NN(C)C(=S)C1CC1.CC(C(=O)NN(C)C(=S)C1CC1)C(=O)NN(C)C(=S)C1CC1.[Na+]. The summed E-state index contributed by atoms with van der Waals surface area (Å²) in [5.41, 5.74) is 10.6. The molecule has 4 amide bonds. The molecule has 0 heterocycles. The number of thiocarbonyl (C=S) groups is 4. The van der Waals surface area contributed by atoms with Crippen molar-refractivity contribution < 1.29 is 48.7 Å². The number of nitrogens with one attached hydrogen (secondary N) is 4. The van der Waals surface area contributed by atoms with Crippen molar-refractivity contribution in [2.75, 3.05) is 28.2 Å². The molecule has 0 aromatic carbocycles. The number of hydrogen-bond donors (Lipinski definition) is 4. The van der Waals surface area contributed by atoms with E-state index in [4.69, 9.17) is 48.9 Å². The van der Waals surface area contributed by atoms with Gasteiger partial charge in [-0.2, -0.15) is 0 Å². The van der Waals surface area contributed by atoms with E-state index in [1.807, 2.05) is 0 Å². The van der Waals surface area contributed by atoms with Gasteiger partial charge < -0.3 is 0 Å². The van der Waals surface area contributed by atoms with Crippen molar-refractivity contribution in [1.29, 1.82) is 0 Å². The molecule has 0 radical (unpaired) electrons. The van der Waals surface area contributed by atoms with Gasteiger partial charge in [0.1, 0.15) is 11.8 Å². The molecule has 45 heavy (non-hydrogen) atoms. The first-order chi connectivity index (χ1) is 20.6. The smallest absolute Gasteiger partial charge is 0.282 e. The number of hydrogen-bond acceptors (Lipinski definition) is 8. The Morgan fingerprint density at radius 3 is 0.756 bits per heavy atom. The molecule has 4 aliphatic carbocycles. The molecule has 17 heteroatoms. The Kier molecular flexibility index (Phi) is 15.5. The molecule has 4 saturated carbocycles. The van der Waals surface area contributed by atoms with Crippen LogP contribution in [0.25, 0.3) is 0 Å². The molecular formula is C28H44N8NaO4S4+.